The first-order chi connectivity index (χ1) is 17.6. The smallest absolute Gasteiger partial charge is 0.289 e. The Kier molecular flexibility index (Phi) is 8.29. The molecule has 0 unspecified atom stereocenters. The van der Waals surface area contributed by atoms with Gasteiger partial charge in [-0.3, -0.25) is 14.4 Å². The van der Waals surface area contributed by atoms with Gasteiger partial charge in [-0.25, -0.2) is 0 Å². The molecule has 0 heterocycles. The maximum absolute atomic E-state index is 13.0. The van der Waals surface area contributed by atoms with Crippen LogP contribution in [0.2, 0.25) is 0 Å². The number of hydrogen-bond acceptors (Lipinski definition) is 2. The Balaban J connectivity index is 1.64. The van der Waals surface area contributed by atoms with Gasteiger partial charge < -0.3 is 0 Å². The molecular formula is C33H27O3+. The number of carbonyl (C=O) groups is 2. The standard InChI is InChI=1S/C33H26O3/c34-31(19-16-25-10-4-1-5-11-25)28-22-29(32(35)20-17-26-12-6-2-7-13-26)24-30(23-28)33(36)21-18-27-14-8-3-9-15-27/h1-2,4-8,10-24H,3,9H2/p+1/b19-16+,20-17+,21-18+. The average molecular weight is 472 g/mol. The van der Waals surface area contributed by atoms with Crippen LogP contribution >= 0.6 is 0 Å². The highest BCUT2D eigenvalue weighted by Crippen LogP contribution is 2.17. The molecule has 0 aromatic heterocycles. The molecule has 1 aliphatic rings. The lowest BCUT2D eigenvalue weighted by atomic mass is 9.96. The number of rotatable bonds is 9. The number of benzene rings is 3. The Hall–Kier alpha value is -4.63. The van der Waals surface area contributed by atoms with Gasteiger partial charge in [0.15, 0.2) is 11.6 Å². The monoisotopic (exact) mass is 471 g/mol. The van der Waals surface area contributed by atoms with Gasteiger partial charge in [0.25, 0.3) is 0 Å². The summed E-state index contributed by atoms with van der Waals surface area (Å²) in [5.74, 6) is -0.523. The van der Waals surface area contributed by atoms with Crippen molar-refractivity contribution in [2.75, 3.05) is 0 Å². The lowest BCUT2D eigenvalue weighted by molar-refractivity contribution is 0.104. The van der Waals surface area contributed by atoms with Crippen molar-refractivity contribution in [3.63, 3.8) is 0 Å². The van der Waals surface area contributed by atoms with Crippen LogP contribution in [0.1, 0.15) is 50.2 Å². The molecule has 0 spiro atoms. The van der Waals surface area contributed by atoms with Crippen molar-refractivity contribution in [1.29, 1.82) is 0 Å². The van der Waals surface area contributed by atoms with E-state index in [9.17, 15) is 14.4 Å². The zero-order chi connectivity index (χ0) is 25.2. The van der Waals surface area contributed by atoms with E-state index in [-0.39, 0.29) is 17.3 Å². The van der Waals surface area contributed by atoms with Crippen LogP contribution in [0.5, 0.6) is 0 Å². The van der Waals surface area contributed by atoms with Crippen molar-refractivity contribution in [3.05, 3.63) is 155 Å². The van der Waals surface area contributed by atoms with Gasteiger partial charge in [-0.1, -0.05) is 91.0 Å². The second-order valence-corrected chi connectivity index (χ2v) is 8.42. The van der Waals surface area contributed by atoms with Gasteiger partial charge in [-0.2, -0.15) is 0 Å². The fraction of sp³-hybridized carbons (Fsp3) is 0.0606. The van der Waals surface area contributed by atoms with Gasteiger partial charge in [0.05, 0.1) is 5.56 Å². The quantitative estimate of drug-likeness (QED) is 0.188. The van der Waals surface area contributed by atoms with Crippen LogP contribution in [0.25, 0.3) is 12.2 Å². The van der Waals surface area contributed by atoms with Crippen molar-refractivity contribution in [3.8, 4) is 0 Å². The maximum atomic E-state index is 13.0. The van der Waals surface area contributed by atoms with E-state index in [4.69, 9.17) is 0 Å². The van der Waals surface area contributed by atoms with Gasteiger partial charge >= 0.3 is 5.78 Å². The summed E-state index contributed by atoms with van der Waals surface area (Å²) in [6.45, 7) is 0. The summed E-state index contributed by atoms with van der Waals surface area (Å²) < 4.78 is 0. The Labute approximate surface area is 211 Å². The molecule has 0 saturated carbocycles. The van der Waals surface area contributed by atoms with Gasteiger partial charge in [0.1, 0.15) is 0 Å². The lowest BCUT2D eigenvalue weighted by Gasteiger charge is -2.04. The molecule has 36 heavy (non-hydrogen) atoms. The second-order valence-electron chi connectivity index (χ2n) is 8.42. The number of allylic oxidation sites excluding steroid dienone is 8. The van der Waals surface area contributed by atoms with E-state index in [2.05, 4.69) is 12.2 Å². The van der Waals surface area contributed by atoms with Crippen LogP contribution in [0.4, 0.5) is 0 Å². The van der Waals surface area contributed by atoms with E-state index in [1.165, 1.54) is 12.2 Å². The third-order valence-electron chi connectivity index (χ3n) is 5.71. The highest BCUT2D eigenvalue weighted by atomic mass is 16.1. The zero-order valence-electron chi connectivity index (χ0n) is 19.9. The summed E-state index contributed by atoms with van der Waals surface area (Å²) in [6.07, 6.45) is 17.9. The number of carbonyl (C=O) groups excluding carboxylic acids is 3. The average Bonchev–Trinajstić information content (AvgIpc) is 2.94. The van der Waals surface area contributed by atoms with E-state index < -0.39 is 0 Å². The molecule has 3 aromatic rings. The Morgan fingerprint density at radius 3 is 1.72 bits per heavy atom. The molecule has 176 valence electrons. The molecule has 0 atom stereocenters. The molecule has 0 amide bonds. The largest absolute Gasteiger partial charge is 0.347 e. The van der Waals surface area contributed by atoms with E-state index in [0.29, 0.717) is 16.7 Å². The molecule has 3 aromatic carbocycles. The molecule has 1 aliphatic carbocycles. The van der Waals surface area contributed by atoms with Crippen molar-refractivity contribution in [2.45, 2.75) is 12.8 Å². The molecule has 0 saturated heterocycles. The molecule has 4 rings (SSSR count). The molecule has 0 aliphatic heterocycles. The summed E-state index contributed by atoms with van der Waals surface area (Å²) >= 11 is 0. The van der Waals surface area contributed by atoms with Gasteiger partial charge in [-0.15, -0.1) is 0 Å². The van der Waals surface area contributed by atoms with E-state index >= 15 is 0 Å². The minimum Gasteiger partial charge on any atom is -0.289 e. The molecule has 1 N–H and O–H groups in total. The fourth-order valence-electron chi connectivity index (χ4n) is 3.75. The molecular weight excluding hydrogens is 444 g/mol. The predicted octanol–water partition coefficient (Wildman–Crippen LogP) is 7.20. The second kappa shape index (κ2) is 12.2. The van der Waals surface area contributed by atoms with Crippen LogP contribution in [0.3, 0.4) is 0 Å². The fourth-order valence-corrected chi connectivity index (χ4v) is 3.75. The molecule has 0 fully saturated rings. The van der Waals surface area contributed by atoms with Crippen molar-refractivity contribution in [1.82, 2.24) is 0 Å². The molecule has 0 radical (unpaired) electrons. The van der Waals surface area contributed by atoms with Crippen LogP contribution in [0, 0.1) is 0 Å². The molecule has 3 nitrogen and oxygen atoms in total. The topological polar surface area (TPSA) is 55.5 Å². The van der Waals surface area contributed by atoms with E-state index in [0.717, 1.165) is 29.5 Å². The van der Waals surface area contributed by atoms with Gasteiger partial charge in [0, 0.05) is 17.2 Å². The van der Waals surface area contributed by atoms with E-state index in [1.807, 2.05) is 66.7 Å². The summed E-state index contributed by atoms with van der Waals surface area (Å²) in [4.78, 5) is 36.8. The minimum absolute atomic E-state index is 0.0310. The van der Waals surface area contributed by atoms with Gasteiger partial charge in [-0.05, 0) is 66.0 Å². The Morgan fingerprint density at radius 1 is 0.639 bits per heavy atom. The normalized spacial score (nSPS) is 13.4. The first-order valence-corrected chi connectivity index (χ1v) is 11.9. The zero-order valence-corrected chi connectivity index (χ0v) is 19.9. The summed E-state index contributed by atoms with van der Waals surface area (Å²) in [7, 11) is 0. The Bertz CT molecular complexity index is 1320. The SMILES string of the molecule is O=C(/C=C/C1=CCCC=C1)c1cc(C(=O)/C=C/c2ccccc2)cc(C(=[OH+])/C=C/c2ccccc2)c1. The highest BCUT2D eigenvalue weighted by Gasteiger charge is 2.16. The van der Waals surface area contributed by atoms with Crippen LogP contribution in [-0.2, 0) is 0 Å². The first-order valence-electron chi connectivity index (χ1n) is 11.9. The Morgan fingerprint density at radius 2 is 1.17 bits per heavy atom. The molecule has 0 bridgehead atoms. The van der Waals surface area contributed by atoms with Crippen LogP contribution in [0.15, 0.2) is 127 Å². The van der Waals surface area contributed by atoms with Crippen molar-refractivity contribution < 1.29 is 14.4 Å². The van der Waals surface area contributed by atoms with Crippen molar-refractivity contribution >= 4 is 29.5 Å². The van der Waals surface area contributed by atoms with Crippen LogP contribution < -0.4 is 0 Å². The third kappa shape index (κ3) is 6.94. The summed E-state index contributed by atoms with van der Waals surface area (Å²) in [5, 5.41) is 0. The predicted molar refractivity (Wildman–Crippen MR) is 148 cm³/mol. The van der Waals surface area contributed by atoms with Gasteiger partial charge in [0.2, 0.25) is 0 Å². The summed E-state index contributed by atoms with van der Waals surface area (Å²) in [6, 6.07) is 23.9. The van der Waals surface area contributed by atoms with Crippen molar-refractivity contribution in [2.24, 2.45) is 0 Å². The number of hydrogen-bond donors (Lipinski definition) is 0. The first kappa shape index (κ1) is 24.5. The third-order valence-corrected chi connectivity index (χ3v) is 5.71. The highest BCUT2D eigenvalue weighted by molar-refractivity contribution is 6.14. The molecule has 3 heteroatoms. The lowest BCUT2D eigenvalue weighted by Crippen LogP contribution is -2.06. The number of ketones is 3. The van der Waals surface area contributed by atoms with Crippen LogP contribution in [-0.4, -0.2) is 22.1 Å². The van der Waals surface area contributed by atoms with E-state index in [1.54, 1.807) is 42.5 Å². The minimum atomic E-state index is -0.253. The summed E-state index contributed by atoms with van der Waals surface area (Å²) in [5.41, 5.74) is 3.86. The maximum Gasteiger partial charge on any atom is 0.347 e.